The van der Waals surface area contributed by atoms with Crippen molar-refractivity contribution < 1.29 is 14.0 Å². The quantitative estimate of drug-likeness (QED) is 0.918. The van der Waals surface area contributed by atoms with E-state index in [0.29, 0.717) is 25.0 Å². The van der Waals surface area contributed by atoms with E-state index in [-0.39, 0.29) is 5.79 Å². The van der Waals surface area contributed by atoms with Gasteiger partial charge in [-0.05, 0) is 13.0 Å². The molecule has 122 valence electrons. The maximum atomic E-state index is 5.76. The topological polar surface area (TPSA) is 85.5 Å². The van der Waals surface area contributed by atoms with Gasteiger partial charge in [-0.15, -0.1) is 0 Å². The highest BCUT2D eigenvalue weighted by Gasteiger charge is 2.40. The maximum absolute atomic E-state index is 5.76. The smallest absolute Gasteiger partial charge is 0.230 e. The second-order valence-electron chi connectivity index (χ2n) is 5.78. The van der Waals surface area contributed by atoms with E-state index in [9.17, 15) is 0 Å². The molecule has 0 bridgehead atoms. The molecule has 2 fully saturated rings. The highest BCUT2D eigenvalue weighted by molar-refractivity contribution is 5.50. The van der Waals surface area contributed by atoms with Crippen molar-refractivity contribution in [3.63, 3.8) is 0 Å². The van der Waals surface area contributed by atoms with Crippen LogP contribution in [0.1, 0.15) is 18.6 Å². The summed E-state index contributed by atoms with van der Waals surface area (Å²) in [5, 5.41) is 6.94. The monoisotopic (exact) mass is 317 g/mol. The first-order valence-electron chi connectivity index (χ1n) is 7.79. The maximum Gasteiger partial charge on any atom is 0.230 e. The lowest BCUT2D eigenvalue weighted by Gasteiger charge is -2.38. The molecule has 0 amide bonds. The molecular weight excluding hydrogens is 298 g/mol. The molecule has 0 aromatic carbocycles. The summed E-state index contributed by atoms with van der Waals surface area (Å²) in [4.78, 5) is 11.0. The summed E-state index contributed by atoms with van der Waals surface area (Å²) in [6.45, 7) is 4.92. The van der Waals surface area contributed by atoms with Crippen LogP contribution in [-0.4, -0.2) is 47.2 Å². The fraction of sp³-hybridized carbons (Fsp3) is 0.533. The number of rotatable bonds is 3. The van der Waals surface area contributed by atoms with Gasteiger partial charge in [-0.1, -0.05) is 5.16 Å². The van der Waals surface area contributed by atoms with Gasteiger partial charge in [0.1, 0.15) is 11.6 Å². The summed E-state index contributed by atoms with van der Waals surface area (Å²) in [5.74, 6) is 2.36. The Balaban J connectivity index is 1.44. The van der Waals surface area contributed by atoms with Gasteiger partial charge in [0.15, 0.2) is 11.6 Å². The molecule has 2 aromatic heterocycles. The van der Waals surface area contributed by atoms with Crippen LogP contribution in [0.4, 0.5) is 17.6 Å². The highest BCUT2D eigenvalue weighted by Crippen LogP contribution is 2.32. The van der Waals surface area contributed by atoms with E-state index in [1.807, 2.05) is 13.0 Å². The van der Waals surface area contributed by atoms with Gasteiger partial charge in [0.05, 0.1) is 13.2 Å². The first-order valence-corrected chi connectivity index (χ1v) is 7.79. The molecule has 0 atom stereocenters. The predicted molar refractivity (Wildman–Crippen MR) is 82.6 cm³/mol. The van der Waals surface area contributed by atoms with Crippen LogP contribution in [0, 0.1) is 6.92 Å². The Hall–Kier alpha value is -2.19. The third-order valence-corrected chi connectivity index (χ3v) is 4.17. The minimum absolute atomic E-state index is 0.372. The zero-order valence-corrected chi connectivity index (χ0v) is 13.0. The largest absolute Gasteiger partial charge is 0.360 e. The predicted octanol–water partition coefficient (Wildman–Crippen LogP) is 1.86. The van der Waals surface area contributed by atoms with Gasteiger partial charge < -0.3 is 24.2 Å². The number of aryl methyl sites for hydroxylation is 1. The van der Waals surface area contributed by atoms with Crippen molar-refractivity contribution in [3.05, 3.63) is 24.1 Å². The van der Waals surface area contributed by atoms with Crippen LogP contribution in [-0.2, 0) is 9.47 Å². The molecule has 0 aliphatic carbocycles. The zero-order chi connectivity index (χ0) is 15.7. The Morgan fingerprint density at radius 2 is 2.00 bits per heavy atom. The molecule has 2 aliphatic rings. The van der Waals surface area contributed by atoms with Gasteiger partial charge in [-0.3, -0.25) is 0 Å². The zero-order valence-electron chi connectivity index (χ0n) is 13.0. The number of aromatic nitrogens is 3. The molecule has 1 N–H and O–H groups in total. The standard InChI is InChI=1S/C15H19N5O3/c1-11-10-12(19-23-11)17-14-16-5-2-13(18-14)20-6-3-15(4-7-20)21-8-9-22-15/h2,5,10H,3-4,6-9H2,1H3,(H,16,17,18,19). The molecule has 1 spiro atoms. The Kier molecular flexibility index (Phi) is 3.62. The van der Waals surface area contributed by atoms with E-state index in [1.54, 1.807) is 12.3 Å². The fourth-order valence-corrected chi connectivity index (χ4v) is 2.99. The first-order chi connectivity index (χ1) is 11.2. The Morgan fingerprint density at radius 3 is 2.70 bits per heavy atom. The van der Waals surface area contributed by atoms with Crippen molar-refractivity contribution >= 4 is 17.6 Å². The van der Waals surface area contributed by atoms with Crippen LogP contribution < -0.4 is 10.2 Å². The molecule has 8 nitrogen and oxygen atoms in total. The van der Waals surface area contributed by atoms with Gasteiger partial charge in [-0.25, -0.2) is 4.98 Å². The number of hydrogen-bond donors (Lipinski definition) is 1. The lowest BCUT2D eigenvalue weighted by Crippen LogP contribution is -2.45. The van der Waals surface area contributed by atoms with Crippen molar-refractivity contribution in [2.45, 2.75) is 25.6 Å². The number of piperidine rings is 1. The molecule has 23 heavy (non-hydrogen) atoms. The first kappa shape index (κ1) is 14.4. The van der Waals surface area contributed by atoms with Crippen LogP contribution in [0.5, 0.6) is 0 Å². The molecule has 2 aliphatic heterocycles. The number of nitrogens with zero attached hydrogens (tertiary/aromatic N) is 4. The molecule has 4 rings (SSSR count). The Morgan fingerprint density at radius 1 is 1.22 bits per heavy atom. The van der Waals surface area contributed by atoms with E-state index in [0.717, 1.165) is 37.5 Å². The van der Waals surface area contributed by atoms with E-state index < -0.39 is 0 Å². The van der Waals surface area contributed by atoms with Gasteiger partial charge >= 0.3 is 0 Å². The molecule has 0 unspecified atom stereocenters. The summed E-state index contributed by atoms with van der Waals surface area (Å²) in [5.41, 5.74) is 0. The third kappa shape index (κ3) is 2.99. The average Bonchev–Trinajstić information content (AvgIpc) is 3.18. The summed E-state index contributed by atoms with van der Waals surface area (Å²) < 4.78 is 16.5. The van der Waals surface area contributed by atoms with E-state index >= 15 is 0 Å². The van der Waals surface area contributed by atoms with Crippen LogP contribution >= 0.6 is 0 Å². The molecular formula is C15H19N5O3. The number of ether oxygens (including phenoxy) is 2. The highest BCUT2D eigenvalue weighted by atomic mass is 16.7. The van der Waals surface area contributed by atoms with Crippen LogP contribution in [0.15, 0.2) is 22.9 Å². The summed E-state index contributed by atoms with van der Waals surface area (Å²) in [7, 11) is 0. The van der Waals surface area contributed by atoms with Crippen molar-refractivity contribution in [1.29, 1.82) is 0 Å². The fourth-order valence-electron chi connectivity index (χ4n) is 2.99. The molecule has 2 aromatic rings. The van der Waals surface area contributed by atoms with Gasteiger partial charge in [0.25, 0.3) is 0 Å². The molecule has 0 radical (unpaired) electrons. The van der Waals surface area contributed by atoms with Crippen LogP contribution in [0.2, 0.25) is 0 Å². The average molecular weight is 317 g/mol. The summed E-state index contributed by atoms with van der Waals surface area (Å²) in [6, 6.07) is 3.71. The SMILES string of the molecule is Cc1cc(Nc2nccc(N3CCC4(CC3)OCCO4)n2)no1. The number of nitrogens with one attached hydrogen (secondary N) is 1. The number of anilines is 3. The van der Waals surface area contributed by atoms with E-state index in [4.69, 9.17) is 14.0 Å². The van der Waals surface area contributed by atoms with Crippen LogP contribution in [0.25, 0.3) is 0 Å². The molecule has 8 heteroatoms. The van der Waals surface area contributed by atoms with Crippen molar-refractivity contribution in [2.24, 2.45) is 0 Å². The van der Waals surface area contributed by atoms with E-state index in [2.05, 4.69) is 25.3 Å². The summed E-state index contributed by atoms with van der Waals surface area (Å²) in [6.07, 6.45) is 3.44. The minimum atomic E-state index is -0.372. The molecule has 4 heterocycles. The molecule has 0 saturated carbocycles. The second kappa shape index (κ2) is 5.78. The van der Waals surface area contributed by atoms with Crippen LogP contribution in [0.3, 0.4) is 0 Å². The normalized spacial score (nSPS) is 20.1. The molecule has 2 saturated heterocycles. The van der Waals surface area contributed by atoms with Crippen molar-refractivity contribution in [3.8, 4) is 0 Å². The minimum Gasteiger partial charge on any atom is -0.360 e. The lowest BCUT2D eigenvalue weighted by molar-refractivity contribution is -0.169. The van der Waals surface area contributed by atoms with Gasteiger partial charge in [-0.2, -0.15) is 4.98 Å². The third-order valence-electron chi connectivity index (χ3n) is 4.17. The Bertz CT molecular complexity index is 673. The van der Waals surface area contributed by atoms with Crippen molar-refractivity contribution in [1.82, 2.24) is 15.1 Å². The van der Waals surface area contributed by atoms with E-state index in [1.165, 1.54) is 0 Å². The van der Waals surface area contributed by atoms with Gasteiger partial charge in [0, 0.05) is 38.2 Å². The summed E-state index contributed by atoms with van der Waals surface area (Å²) >= 11 is 0. The second-order valence-corrected chi connectivity index (χ2v) is 5.78. The Labute approximate surface area is 133 Å². The lowest BCUT2D eigenvalue weighted by atomic mass is 10.0. The van der Waals surface area contributed by atoms with Gasteiger partial charge in [0.2, 0.25) is 5.95 Å². The number of hydrogen-bond acceptors (Lipinski definition) is 8. The van der Waals surface area contributed by atoms with Crippen molar-refractivity contribution in [2.75, 3.05) is 36.5 Å².